The van der Waals surface area contributed by atoms with Gasteiger partial charge in [-0.2, -0.15) is 0 Å². The van der Waals surface area contributed by atoms with Gasteiger partial charge in [0.15, 0.2) is 5.82 Å². The summed E-state index contributed by atoms with van der Waals surface area (Å²) in [5.41, 5.74) is 7.26. The molecule has 2 aromatic carbocycles. The number of azo groups is 1. The molecular weight excluding hydrogens is 332 g/mol. The Morgan fingerprint density at radius 2 is 1.52 bits per heavy atom. The standard InChI is InChI=1S/C23H22N4/c1-4-18-8-10-19(11-9-18)22-23(26-25-20-12-5-16(2)6-13-20)27-15-17(3)7-14-21(27)24-22/h5-15H,4H2,1-3H3. The van der Waals surface area contributed by atoms with Crippen LogP contribution in [-0.4, -0.2) is 9.38 Å². The van der Waals surface area contributed by atoms with Crippen molar-refractivity contribution in [2.24, 2.45) is 10.2 Å². The SMILES string of the molecule is CCc1ccc(-c2nc3ccc(C)cn3c2N=Nc2ccc(C)cc2)cc1. The van der Waals surface area contributed by atoms with Crippen LogP contribution in [0, 0.1) is 13.8 Å². The van der Waals surface area contributed by atoms with Gasteiger partial charge in [-0.05, 0) is 49.6 Å². The molecule has 0 bridgehead atoms. The summed E-state index contributed by atoms with van der Waals surface area (Å²) in [5, 5.41) is 9.03. The van der Waals surface area contributed by atoms with Gasteiger partial charge in [0.25, 0.3) is 0 Å². The van der Waals surface area contributed by atoms with Gasteiger partial charge >= 0.3 is 0 Å². The number of pyridine rings is 1. The molecule has 2 aromatic heterocycles. The van der Waals surface area contributed by atoms with Crippen molar-refractivity contribution in [3.05, 3.63) is 83.6 Å². The number of hydrogen-bond donors (Lipinski definition) is 0. The number of hydrogen-bond acceptors (Lipinski definition) is 3. The van der Waals surface area contributed by atoms with Crippen molar-refractivity contribution in [1.82, 2.24) is 9.38 Å². The van der Waals surface area contributed by atoms with Crippen molar-refractivity contribution in [1.29, 1.82) is 0 Å². The largest absolute Gasteiger partial charge is 0.282 e. The monoisotopic (exact) mass is 354 g/mol. The zero-order chi connectivity index (χ0) is 18.8. The first kappa shape index (κ1) is 17.2. The number of nitrogens with zero attached hydrogens (tertiary/aromatic N) is 4. The molecular formula is C23H22N4. The molecule has 0 aliphatic heterocycles. The van der Waals surface area contributed by atoms with Gasteiger partial charge in [0.2, 0.25) is 0 Å². The lowest BCUT2D eigenvalue weighted by Gasteiger charge is -2.02. The van der Waals surface area contributed by atoms with E-state index in [-0.39, 0.29) is 0 Å². The zero-order valence-electron chi connectivity index (χ0n) is 15.8. The fourth-order valence-corrected chi connectivity index (χ4v) is 3.04. The van der Waals surface area contributed by atoms with Gasteiger partial charge < -0.3 is 0 Å². The summed E-state index contributed by atoms with van der Waals surface area (Å²) in [6.07, 6.45) is 3.07. The Morgan fingerprint density at radius 1 is 0.815 bits per heavy atom. The van der Waals surface area contributed by atoms with Crippen molar-refractivity contribution >= 4 is 17.2 Å². The summed E-state index contributed by atoms with van der Waals surface area (Å²) in [6, 6.07) is 20.6. The third kappa shape index (κ3) is 3.51. The average molecular weight is 354 g/mol. The molecule has 4 nitrogen and oxygen atoms in total. The summed E-state index contributed by atoms with van der Waals surface area (Å²) < 4.78 is 2.01. The first-order valence-corrected chi connectivity index (χ1v) is 9.20. The molecule has 0 fully saturated rings. The second-order valence-corrected chi connectivity index (χ2v) is 6.80. The summed E-state index contributed by atoms with van der Waals surface area (Å²) in [6.45, 7) is 6.28. The number of fused-ring (bicyclic) bond motifs is 1. The third-order valence-electron chi connectivity index (χ3n) is 4.67. The van der Waals surface area contributed by atoms with Crippen LogP contribution in [0.2, 0.25) is 0 Å². The van der Waals surface area contributed by atoms with E-state index in [1.165, 1.54) is 11.1 Å². The maximum atomic E-state index is 4.82. The minimum atomic E-state index is 0.749. The highest BCUT2D eigenvalue weighted by molar-refractivity contribution is 5.74. The van der Waals surface area contributed by atoms with Gasteiger partial charge in [0.05, 0.1) is 5.69 Å². The van der Waals surface area contributed by atoms with Gasteiger partial charge in [-0.3, -0.25) is 4.40 Å². The van der Waals surface area contributed by atoms with Gasteiger partial charge in [-0.15, -0.1) is 10.2 Å². The van der Waals surface area contributed by atoms with Crippen molar-refractivity contribution in [2.75, 3.05) is 0 Å². The predicted octanol–water partition coefficient (Wildman–Crippen LogP) is 6.60. The molecule has 4 rings (SSSR count). The first-order valence-electron chi connectivity index (χ1n) is 9.20. The molecule has 4 heteroatoms. The second kappa shape index (κ2) is 7.16. The molecule has 0 saturated carbocycles. The summed E-state index contributed by atoms with van der Waals surface area (Å²) in [4.78, 5) is 4.82. The Morgan fingerprint density at radius 3 is 2.22 bits per heavy atom. The smallest absolute Gasteiger partial charge is 0.187 e. The molecule has 27 heavy (non-hydrogen) atoms. The van der Waals surface area contributed by atoms with Gasteiger partial charge in [-0.1, -0.05) is 55.0 Å². The molecule has 0 aliphatic carbocycles. The number of aryl methyl sites for hydroxylation is 3. The van der Waals surface area contributed by atoms with Gasteiger partial charge in [-0.25, -0.2) is 4.98 Å². The predicted molar refractivity (Wildman–Crippen MR) is 110 cm³/mol. The van der Waals surface area contributed by atoms with E-state index in [4.69, 9.17) is 4.98 Å². The summed E-state index contributed by atoms with van der Waals surface area (Å²) in [5.74, 6) is 0.749. The van der Waals surface area contributed by atoms with Crippen molar-refractivity contribution in [3.8, 4) is 11.3 Å². The Balaban J connectivity index is 1.84. The molecule has 134 valence electrons. The van der Waals surface area contributed by atoms with Crippen LogP contribution in [0.15, 0.2) is 77.1 Å². The highest BCUT2D eigenvalue weighted by Gasteiger charge is 2.14. The van der Waals surface area contributed by atoms with Crippen LogP contribution >= 0.6 is 0 Å². The first-order chi connectivity index (χ1) is 13.1. The molecule has 0 aliphatic rings. The maximum Gasteiger partial charge on any atom is 0.187 e. The Bertz CT molecular complexity index is 1100. The molecule has 0 spiro atoms. The summed E-state index contributed by atoms with van der Waals surface area (Å²) in [7, 11) is 0. The fraction of sp³-hybridized carbons (Fsp3) is 0.174. The van der Waals surface area contributed by atoms with Crippen LogP contribution in [0.1, 0.15) is 23.6 Å². The van der Waals surface area contributed by atoms with Crippen LogP contribution in [0.5, 0.6) is 0 Å². The Kier molecular flexibility index (Phi) is 4.55. The Hall–Kier alpha value is -3.27. The number of imidazole rings is 1. The lowest BCUT2D eigenvalue weighted by Crippen LogP contribution is -1.85. The van der Waals surface area contributed by atoms with Gasteiger partial charge in [0, 0.05) is 11.8 Å². The molecule has 4 aromatic rings. The van der Waals surface area contributed by atoms with E-state index in [1.807, 2.05) is 34.7 Å². The van der Waals surface area contributed by atoms with Gasteiger partial charge in [0.1, 0.15) is 11.3 Å². The highest BCUT2D eigenvalue weighted by atomic mass is 15.2. The van der Waals surface area contributed by atoms with Crippen molar-refractivity contribution < 1.29 is 0 Å². The number of benzene rings is 2. The van der Waals surface area contributed by atoms with E-state index >= 15 is 0 Å². The Labute approximate surface area is 159 Å². The molecule has 0 saturated heterocycles. The second-order valence-electron chi connectivity index (χ2n) is 6.80. The molecule has 0 atom stereocenters. The summed E-state index contributed by atoms with van der Waals surface area (Å²) >= 11 is 0. The van der Waals surface area contributed by atoms with E-state index in [9.17, 15) is 0 Å². The van der Waals surface area contributed by atoms with Crippen LogP contribution in [0.4, 0.5) is 11.5 Å². The highest BCUT2D eigenvalue weighted by Crippen LogP contribution is 2.32. The normalized spacial score (nSPS) is 11.5. The van der Waals surface area contributed by atoms with E-state index in [1.54, 1.807) is 0 Å². The quantitative estimate of drug-likeness (QED) is 0.381. The lowest BCUT2D eigenvalue weighted by molar-refractivity contribution is 1.09. The molecule has 2 heterocycles. The van der Waals surface area contributed by atoms with E-state index in [2.05, 4.69) is 67.5 Å². The zero-order valence-corrected chi connectivity index (χ0v) is 15.8. The molecule has 0 N–H and O–H groups in total. The van der Waals surface area contributed by atoms with Crippen LogP contribution < -0.4 is 0 Å². The third-order valence-corrected chi connectivity index (χ3v) is 4.67. The van der Waals surface area contributed by atoms with Crippen molar-refractivity contribution in [3.63, 3.8) is 0 Å². The average Bonchev–Trinajstić information content (AvgIpc) is 3.05. The number of rotatable bonds is 4. The minimum Gasteiger partial charge on any atom is -0.282 e. The maximum absolute atomic E-state index is 4.82. The topological polar surface area (TPSA) is 42.0 Å². The fourth-order valence-electron chi connectivity index (χ4n) is 3.04. The molecule has 0 unspecified atom stereocenters. The van der Waals surface area contributed by atoms with E-state index in [0.29, 0.717) is 0 Å². The van der Waals surface area contributed by atoms with Crippen LogP contribution in [0.3, 0.4) is 0 Å². The van der Waals surface area contributed by atoms with Crippen LogP contribution in [-0.2, 0) is 6.42 Å². The minimum absolute atomic E-state index is 0.749. The molecule has 0 amide bonds. The van der Waals surface area contributed by atoms with E-state index < -0.39 is 0 Å². The molecule has 0 radical (unpaired) electrons. The van der Waals surface area contributed by atoms with Crippen LogP contribution in [0.25, 0.3) is 16.9 Å². The number of aromatic nitrogens is 2. The van der Waals surface area contributed by atoms with Crippen molar-refractivity contribution in [2.45, 2.75) is 27.2 Å². The van der Waals surface area contributed by atoms with E-state index in [0.717, 1.165) is 40.4 Å². The lowest BCUT2D eigenvalue weighted by atomic mass is 10.1.